The number of anilines is 1. The van der Waals surface area contributed by atoms with Gasteiger partial charge in [0.25, 0.3) is 0 Å². The van der Waals surface area contributed by atoms with Crippen LogP contribution in [0.1, 0.15) is 12.8 Å². The standard InChI is InChI=1S/C10H12F2N2O/c11-7-4-8(12)6-9(5-7)14-10(15)2-1-3-13/h4-6H,1-3,13H2,(H,14,15). The van der Waals surface area contributed by atoms with Gasteiger partial charge in [-0.2, -0.15) is 0 Å². The van der Waals surface area contributed by atoms with Gasteiger partial charge >= 0.3 is 0 Å². The number of nitrogens with one attached hydrogen (secondary N) is 1. The van der Waals surface area contributed by atoms with Crippen molar-refractivity contribution < 1.29 is 13.6 Å². The van der Waals surface area contributed by atoms with Crippen LogP contribution in [0.5, 0.6) is 0 Å². The summed E-state index contributed by atoms with van der Waals surface area (Å²) in [7, 11) is 0. The molecule has 0 aliphatic carbocycles. The zero-order chi connectivity index (χ0) is 11.3. The molecule has 1 aromatic carbocycles. The van der Waals surface area contributed by atoms with Crippen LogP contribution in [-0.2, 0) is 4.79 Å². The lowest BCUT2D eigenvalue weighted by Gasteiger charge is -2.04. The summed E-state index contributed by atoms with van der Waals surface area (Å²) in [6, 6.07) is 2.86. The van der Waals surface area contributed by atoms with E-state index in [-0.39, 0.29) is 18.0 Å². The molecule has 82 valence electrons. The van der Waals surface area contributed by atoms with E-state index in [9.17, 15) is 13.6 Å². The number of amides is 1. The first kappa shape index (κ1) is 11.6. The van der Waals surface area contributed by atoms with Crippen LogP contribution in [0.25, 0.3) is 0 Å². The predicted molar refractivity (Wildman–Crippen MR) is 53.3 cm³/mol. The first-order valence-electron chi connectivity index (χ1n) is 4.58. The van der Waals surface area contributed by atoms with Crippen molar-refractivity contribution in [1.29, 1.82) is 0 Å². The minimum atomic E-state index is -0.718. The van der Waals surface area contributed by atoms with E-state index < -0.39 is 11.6 Å². The van der Waals surface area contributed by atoms with Gasteiger partial charge in [-0.05, 0) is 25.1 Å². The van der Waals surface area contributed by atoms with Crippen LogP contribution in [-0.4, -0.2) is 12.5 Å². The molecule has 5 heteroatoms. The van der Waals surface area contributed by atoms with Crippen molar-refractivity contribution in [1.82, 2.24) is 0 Å². The highest BCUT2D eigenvalue weighted by atomic mass is 19.1. The molecule has 3 N–H and O–H groups in total. The minimum absolute atomic E-state index is 0.120. The summed E-state index contributed by atoms with van der Waals surface area (Å²) >= 11 is 0. The van der Waals surface area contributed by atoms with Gasteiger partial charge in [-0.15, -0.1) is 0 Å². The van der Waals surface area contributed by atoms with Crippen molar-refractivity contribution in [3.63, 3.8) is 0 Å². The fraction of sp³-hybridized carbons (Fsp3) is 0.300. The molecule has 0 unspecified atom stereocenters. The zero-order valence-corrected chi connectivity index (χ0v) is 8.09. The highest BCUT2D eigenvalue weighted by Crippen LogP contribution is 2.13. The second kappa shape index (κ2) is 5.41. The predicted octanol–water partition coefficient (Wildman–Crippen LogP) is 1.64. The maximum absolute atomic E-state index is 12.7. The van der Waals surface area contributed by atoms with Gasteiger partial charge in [0.05, 0.1) is 0 Å². The smallest absolute Gasteiger partial charge is 0.224 e. The van der Waals surface area contributed by atoms with E-state index in [1.165, 1.54) is 0 Å². The number of carbonyl (C=O) groups excluding carboxylic acids is 1. The van der Waals surface area contributed by atoms with Crippen molar-refractivity contribution in [2.24, 2.45) is 5.73 Å². The molecule has 3 nitrogen and oxygen atoms in total. The van der Waals surface area contributed by atoms with Gasteiger partial charge < -0.3 is 11.1 Å². The van der Waals surface area contributed by atoms with E-state index >= 15 is 0 Å². The van der Waals surface area contributed by atoms with E-state index in [4.69, 9.17) is 5.73 Å². The van der Waals surface area contributed by atoms with Gasteiger partial charge in [0.1, 0.15) is 11.6 Å². The van der Waals surface area contributed by atoms with E-state index in [1.54, 1.807) is 0 Å². The second-order valence-electron chi connectivity index (χ2n) is 3.10. The maximum Gasteiger partial charge on any atom is 0.224 e. The first-order valence-corrected chi connectivity index (χ1v) is 4.58. The van der Waals surface area contributed by atoms with Gasteiger partial charge in [-0.25, -0.2) is 8.78 Å². The molecule has 0 saturated heterocycles. The van der Waals surface area contributed by atoms with E-state index in [0.29, 0.717) is 13.0 Å². The van der Waals surface area contributed by atoms with Crippen LogP contribution >= 0.6 is 0 Å². The number of rotatable bonds is 4. The molecule has 0 aliphatic rings. The minimum Gasteiger partial charge on any atom is -0.330 e. The number of carbonyl (C=O) groups is 1. The van der Waals surface area contributed by atoms with Crippen molar-refractivity contribution in [2.75, 3.05) is 11.9 Å². The highest BCUT2D eigenvalue weighted by Gasteiger charge is 2.04. The monoisotopic (exact) mass is 214 g/mol. The van der Waals surface area contributed by atoms with Crippen LogP contribution in [0.4, 0.5) is 14.5 Å². The molecule has 15 heavy (non-hydrogen) atoms. The lowest BCUT2D eigenvalue weighted by molar-refractivity contribution is -0.116. The SMILES string of the molecule is NCCCC(=O)Nc1cc(F)cc(F)c1. The Labute approximate surface area is 86.3 Å². The lowest BCUT2D eigenvalue weighted by atomic mass is 10.2. The van der Waals surface area contributed by atoms with Crippen LogP contribution in [0.2, 0.25) is 0 Å². The highest BCUT2D eigenvalue weighted by molar-refractivity contribution is 5.90. The van der Waals surface area contributed by atoms with E-state index in [2.05, 4.69) is 5.32 Å². The number of halogens is 2. The third kappa shape index (κ3) is 4.03. The van der Waals surface area contributed by atoms with Crippen LogP contribution in [0.3, 0.4) is 0 Å². The van der Waals surface area contributed by atoms with Crippen LogP contribution in [0, 0.1) is 11.6 Å². The molecule has 1 rings (SSSR count). The fourth-order valence-electron chi connectivity index (χ4n) is 1.11. The normalized spacial score (nSPS) is 10.1. The summed E-state index contributed by atoms with van der Waals surface area (Å²) in [4.78, 5) is 11.2. The van der Waals surface area contributed by atoms with Crippen LogP contribution in [0.15, 0.2) is 18.2 Å². The van der Waals surface area contributed by atoms with Crippen molar-refractivity contribution in [2.45, 2.75) is 12.8 Å². The average molecular weight is 214 g/mol. The van der Waals surface area contributed by atoms with E-state index in [0.717, 1.165) is 18.2 Å². The third-order valence-electron chi connectivity index (χ3n) is 1.75. The van der Waals surface area contributed by atoms with Gasteiger partial charge in [0.15, 0.2) is 0 Å². The Hall–Kier alpha value is -1.49. The Bertz CT molecular complexity index is 335. The molecule has 0 fully saturated rings. The zero-order valence-electron chi connectivity index (χ0n) is 8.09. The molecule has 0 saturated carbocycles. The number of hydrogen-bond acceptors (Lipinski definition) is 2. The number of nitrogens with two attached hydrogens (primary N) is 1. The van der Waals surface area contributed by atoms with Gasteiger partial charge in [0.2, 0.25) is 5.91 Å². The number of hydrogen-bond donors (Lipinski definition) is 2. The van der Waals surface area contributed by atoms with Gasteiger partial charge in [-0.3, -0.25) is 4.79 Å². The summed E-state index contributed by atoms with van der Waals surface area (Å²) < 4.78 is 25.4. The first-order chi connectivity index (χ1) is 7.11. The average Bonchev–Trinajstić information content (AvgIpc) is 2.13. The Morgan fingerprint density at radius 2 is 1.87 bits per heavy atom. The Balaban J connectivity index is 2.60. The molecule has 1 aromatic rings. The van der Waals surface area contributed by atoms with Crippen LogP contribution < -0.4 is 11.1 Å². The molecular weight excluding hydrogens is 202 g/mol. The Kier molecular flexibility index (Phi) is 4.17. The van der Waals surface area contributed by atoms with Crippen molar-refractivity contribution >= 4 is 11.6 Å². The molecule has 0 spiro atoms. The summed E-state index contributed by atoms with van der Waals surface area (Å²) in [5.41, 5.74) is 5.34. The quantitative estimate of drug-likeness (QED) is 0.800. The molecule has 0 atom stereocenters. The molecule has 1 amide bonds. The molecule has 0 aliphatic heterocycles. The maximum atomic E-state index is 12.7. The number of benzene rings is 1. The Morgan fingerprint density at radius 3 is 2.40 bits per heavy atom. The summed E-state index contributed by atoms with van der Waals surface area (Å²) in [6.45, 7) is 0.408. The fourth-order valence-corrected chi connectivity index (χ4v) is 1.11. The molecule has 0 heterocycles. The summed E-state index contributed by atoms with van der Waals surface area (Å²) in [5.74, 6) is -1.74. The Morgan fingerprint density at radius 1 is 1.27 bits per heavy atom. The van der Waals surface area contributed by atoms with Gasteiger partial charge in [-0.1, -0.05) is 0 Å². The third-order valence-corrected chi connectivity index (χ3v) is 1.75. The van der Waals surface area contributed by atoms with Gasteiger partial charge in [0, 0.05) is 18.2 Å². The summed E-state index contributed by atoms with van der Waals surface area (Å²) in [5, 5.41) is 2.38. The second-order valence-corrected chi connectivity index (χ2v) is 3.10. The molecule has 0 radical (unpaired) electrons. The molecule has 0 aromatic heterocycles. The largest absolute Gasteiger partial charge is 0.330 e. The molecular formula is C10H12F2N2O. The van der Waals surface area contributed by atoms with Crippen molar-refractivity contribution in [3.8, 4) is 0 Å². The summed E-state index contributed by atoms with van der Waals surface area (Å²) in [6.07, 6.45) is 0.790. The topological polar surface area (TPSA) is 55.1 Å². The van der Waals surface area contributed by atoms with E-state index in [1.807, 2.05) is 0 Å². The molecule has 0 bridgehead atoms. The lowest BCUT2D eigenvalue weighted by Crippen LogP contribution is -2.13. The van der Waals surface area contributed by atoms with Crippen molar-refractivity contribution in [3.05, 3.63) is 29.8 Å².